The van der Waals surface area contributed by atoms with E-state index < -0.39 is 0 Å². The first-order valence-corrected chi connectivity index (χ1v) is 10.5. The van der Waals surface area contributed by atoms with Crippen LogP contribution < -0.4 is 5.32 Å². The highest BCUT2D eigenvalue weighted by atomic mass is 32.2. The largest absolute Gasteiger partial charge is 0.338 e. The van der Waals surface area contributed by atoms with Gasteiger partial charge in [0.2, 0.25) is 5.91 Å². The van der Waals surface area contributed by atoms with Gasteiger partial charge in [0, 0.05) is 36.8 Å². The van der Waals surface area contributed by atoms with E-state index >= 15 is 0 Å². The highest BCUT2D eigenvalue weighted by Gasteiger charge is 2.24. The molecule has 1 aliphatic heterocycles. The number of aryl methyl sites for hydroxylation is 3. The second kappa shape index (κ2) is 9.15. The number of nitrogens with one attached hydrogen (secondary N) is 1. The average Bonchev–Trinajstić information content (AvgIpc) is 2.68. The quantitative estimate of drug-likeness (QED) is 0.791. The van der Waals surface area contributed by atoms with Crippen molar-refractivity contribution in [1.29, 1.82) is 0 Å². The molecule has 6 heteroatoms. The minimum Gasteiger partial charge on any atom is -0.338 e. The predicted octanol–water partition coefficient (Wildman–Crippen LogP) is 4.08. The number of hydrogen-bond donors (Lipinski definition) is 1. The molecule has 1 heterocycles. The Morgan fingerprint density at radius 1 is 0.929 bits per heavy atom. The Morgan fingerprint density at radius 3 is 2.11 bits per heavy atom. The molecule has 2 aromatic carbocycles. The molecule has 28 heavy (non-hydrogen) atoms. The van der Waals surface area contributed by atoms with E-state index in [9.17, 15) is 9.59 Å². The first kappa shape index (κ1) is 20.3. The van der Waals surface area contributed by atoms with Crippen molar-refractivity contribution in [2.75, 3.05) is 37.2 Å². The molecule has 148 valence electrons. The molecule has 0 aromatic heterocycles. The maximum absolute atomic E-state index is 12.6. The molecule has 0 aliphatic carbocycles. The van der Waals surface area contributed by atoms with Crippen LogP contribution in [0.25, 0.3) is 0 Å². The smallest absolute Gasteiger partial charge is 0.321 e. The molecule has 0 bridgehead atoms. The number of piperazine rings is 1. The van der Waals surface area contributed by atoms with Gasteiger partial charge in [0.25, 0.3) is 0 Å². The molecule has 0 atom stereocenters. The van der Waals surface area contributed by atoms with E-state index in [1.807, 2.05) is 35.2 Å². The van der Waals surface area contributed by atoms with Crippen LogP contribution in [0.15, 0.2) is 47.4 Å². The zero-order chi connectivity index (χ0) is 20.1. The van der Waals surface area contributed by atoms with Gasteiger partial charge in [-0.2, -0.15) is 0 Å². The fourth-order valence-corrected chi connectivity index (χ4v) is 4.53. The van der Waals surface area contributed by atoms with Crippen molar-refractivity contribution in [2.24, 2.45) is 0 Å². The number of carbonyl (C=O) groups excluding carboxylic acids is 2. The van der Waals surface area contributed by atoms with Gasteiger partial charge < -0.3 is 15.1 Å². The van der Waals surface area contributed by atoms with Crippen molar-refractivity contribution >= 4 is 29.4 Å². The summed E-state index contributed by atoms with van der Waals surface area (Å²) in [4.78, 5) is 29.8. The lowest BCUT2D eigenvalue weighted by molar-refractivity contribution is -0.129. The van der Waals surface area contributed by atoms with Gasteiger partial charge in [0.05, 0.1) is 5.75 Å². The Kier molecular flexibility index (Phi) is 6.62. The standard InChI is InChI=1S/C22H27N3O2S/c1-16-13-17(2)21(18(3)14-16)28-15-20(26)24-9-11-25(12-10-24)22(27)23-19-7-5-4-6-8-19/h4-8,13-14H,9-12,15H2,1-3H3,(H,23,27). The maximum Gasteiger partial charge on any atom is 0.321 e. The number of amides is 3. The summed E-state index contributed by atoms with van der Waals surface area (Å²) in [7, 11) is 0. The Labute approximate surface area is 171 Å². The van der Waals surface area contributed by atoms with Crippen LogP contribution in [0.4, 0.5) is 10.5 Å². The number of hydrogen-bond acceptors (Lipinski definition) is 3. The van der Waals surface area contributed by atoms with Crippen LogP contribution in [-0.4, -0.2) is 53.7 Å². The Bertz CT molecular complexity index is 823. The fourth-order valence-electron chi connectivity index (χ4n) is 3.50. The van der Waals surface area contributed by atoms with Crippen molar-refractivity contribution in [2.45, 2.75) is 25.7 Å². The molecule has 0 saturated carbocycles. The van der Waals surface area contributed by atoms with Gasteiger partial charge in [0.1, 0.15) is 0 Å². The normalized spacial score (nSPS) is 14.1. The molecular formula is C22H27N3O2S. The number of carbonyl (C=O) groups is 2. The van der Waals surface area contributed by atoms with Crippen LogP contribution in [0.3, 0.4) is 0 Å². The second-order valence-electron chi connectivity index (χ2n) is 7.18. The molecule has 0 spiro atoms. The minimum atomic E-state index is -0.112. The van der Waals surface area contributed by atoms with Gasteiger partial charge >= 0.3 is 6.03 Å². The Hall–Kier alpha value is -2.47. The van der Waals surface area contributed by atoms with E-state index in [2.05, 4.69) is 38.2 Å². The summed E-state index contributed by atoms with van der Waals surface area (Å²) in [5.74, 6) is 0.563. The summed E-state index contributed by atoms with van der Waals surface area (Å²) in [5, 5.41) is 2.90. The molecule has 3 rings (SSSR count). The van der Waals surface area contributed by atoms with E-state index in [0.29, 0.717) is 31.9 Å². The molecule has 3 amide bonds. The number of nitrogens with zero attached hydrogens (tertiary/aromatic N) is 2. The number of thioether (sulfide) groups is 1. The Morgan fingerprint density at radius 2 is 1.50 bits per heavy atom. The fraction of sp³-hybridized carbons (Fsp3) is 0.364. The number of para-hydroxylation sites is 1. The van der Waals surface area contributed by atoms with E-state index in [0.717, 1.165) is 5.69 Å². The molecule has 5 nitrogen and oxygen atoms in total. The van der Waals surface area contributed by atoms with Gasteiger partial charge in [-0.1, -0.05) is 35.9 Å². The van der Waals surface area contributed by atoms with E-state index in [1.165, 1.54) is 21.6 Å². The van der Waals surface area contributed by atoms with Crippen LogP contribution in [-0.2, 0) is 4.79 Å². The van der Waals surface area contributed by atoms with Gasteiger partial charge in [-0.15, -0.1) is 11.8 Å². The third kappa shape index (κ3) is 5.07. The average molecular weight is 398 g/mol. The molecule has 1 aliphatic rings. The summed E-state index contributed by atoms with van der Waals surface area (Å²) in [6, 6.07) is 13.6. The summed E-state index contributed by atoms with van der Waals surface area (Å²) in [6.07, 6.45) is 0. The predicted molar refractivity (Wildman–Crippen MR) is 115 cm³/mol. The second-order valence-corrected chi connectivity index (χ2v) is 8.17. The third-order valence-corrected chi connectivity index (χ3v) is 6.21. The van der Waals surface area contributed by atoms with Gasteiger partial charge in [0.15, 0.2) is 0 Å². The molecule has 0 radical (unpaired) electrons. The lowest BCUT2D eigenvalue weighted by Gasteiger charge is -2.34. The highest BCUT2D eigenvalue weighted by molar-refractivity contribution is 8.00. The number of benzene rings is 2. The lowest BCUT2D eigenvalue weighted by atomic mass is 10.1. The van der Waals surface area contributed by atoms with Crippen molar-refractivity contribution in [1.82, 2.24) is 9.80 Å². The first-order valence-electron chi connectivity index (χ1n) is 9.53. The van der Waals surface area contributed by atoms with E-state index in [-0.39, 0.29) is 11.9 Å². The molecule has 1 saturated heterocycles. The number of urea groups is 1. The molecule has 0 unspecified atom stereocenters. The number of anilines is 1. The zero-order valence-electron chi connectivity index (χ0n) is 16.7. The van der Waals surface area contributed by atoms with Crippen molar-refractivity contribution in [3.05, 3.63) is 59.2 Å². The molecule has 2 aromatic rings. The topological polar surface area (TPSA) is 52.7 Å². The first-order chi connectivity index (χ1) is 13.4. The molecular weight excluding hydrogens is 370 g/mol. The van der Waals surface area contributed by atoms with Crippen molar-refractivity contribution < 1.29 is 9.59 Å². The number of rotatable bonds is 4. The maximum atomic E-state index is 12.6. The summed E-state index contributed by atoms with van der Waals surface area (Å²) >= 11 is 1.61. The Balaban J connectivity index is 1.48. The molecule has 1 fully saturated rings. The van der Waals surface area contributed by atoms with E-state index in [4.69, 9.17) is 0 Å². The van der Waals surface area contributed by atoms with Crippen molar-refractivity contribution in [3.8, 4) is 0 Å². The van der Waals surface area contributed by atoms with Crippen LogP contribution in [0.2, 0.25) is 0 Å². The highest BCUT2D eigenvalue weighted by Crippen LogP contribution is 2.27. The lowest BCUT2D eigenvalue weighted by Crippen LogP contribution is -2.52. The van der Waals surface area contributed by atoms with E-state index in [1.54, 1.807) is 16.7 Å². The summed E-state index contributed by atoms with van der Waals surface area (Å²) in [5.41, 5.74) is 4.47. The van der Waals surface area contributed by atoms with Gasteiger partial charge in [-0.05, 0) is 44.0 Å². The minimum absolute atomic E-state index is 0.112. The van der Waals surface area contributed by atoms with Gasteiger partial charge in [-0.25, -0.2) is 4.79 Å². The van der Waals surface area contributed by atoms with Crippen LogP contribution in [0, 0.1) is 20.8 Å². The third-order valence-electron chi connectivity index (χ3n) is 4.89. The zero-order valence-corrected chi connectivity index (χ0v) is 17.5. The summed E-state index contributed by atoms with van der Waals surface area (Å²) < 4.78 is 0. The van der Waals surface area contributed by atoms with Crippen LogP contribution >= 0.6 is 11.8 Å². The van der Waals surface area contributed by atoms with Gasteiger partial charge in [-0.3, -0.25) is 4.79 Å². The summed E-state index contributed by atoms with van der Waals surface area (Å²) in [6.45, 7) is 8.54. The molecule has 1 N–H and O–H groups in total. The monoisotopic (exact) mass is 397 g/mol. The SMILES string of the molecule is Cc1cc(C)c(SCC(=O)N2CCN(C(=O)Nc3ccccc3)CC2)c(C)c1. The van der Waals surface area contributed by atoms with Crippen LogP contribution in [0.1, 0.15) is 16.7 Å². The van der Waals surface area contributed by atoms with Crippen LogP contribution in [0.5, 0.6) is 0 Å². The van der Waals surface area contributed by atoms with Crippen molar-refractivity contribution in [3.63, 3.8) is 0 Å².